The molecule has 0 amide bonds. The van der Waals surface area contributed by atoms with Crippen molar-refractivity contribution in [3.8, 4) is 11.5 Å². The highest BCUT2D eigenvalue weighted by Crippen LogP contribution is 2.25. The van der Waals surface area contributed by atoms with E-state index in [1.165, 1.54) is 6.08 Å². The number of ether oxygens (including phenoxy) is 2. The normalized spacial score (nSPS) is 10.5. The predicted molar refractivity (Wildman–Crippen MR) is 90.8 cm³/mol. The Morgan fingerprint density at radius 3 is 2.18 bits per heavy atom. The molecule has 0 heterocycles. The first-order chi connectivity index (χ1) is 10.6. The van der Waals surface area contributed by atoms with E-state index in [9.17, 15) is 4.79 Å². The van der Waals surface area contributed by atoms with Gasteiger partial charge in [0.25, 0.3) is 0 Å². The molecule has 0 aliphatic rings. The maximum Gasteiger partial charge on any atom is 0.187 e. The van der Waals surface area contributed by atoms with Crippen molar-refractivity contribution in [3.63, 3.8) is 0 Å². The van der Waals surface area contributed by atoms with Crippen LogP contribution in [-0.4, -0.2) is 20.0 Å². The molecule has 2 aromatic rings. The van der Waals surface area contributed by atoms with Gasteiger partial charge in [-0.25, -0.2) is 0 Å². The molecule has 0 saturated carbocycles. The number of nitrogens with one attached hydrogen (secondary N) is 1. The van der Waals surface area contributed by atoms with Crippen LogP contribution in [0.25, 0.3) is 0 Å². The maximum absolute atomic E-state index is 12.0. The quantitative estimate of drug-likeness (QED) is 0.616. The first kappa shape index (κ1) is 16.1. The van der Waals surface area contributed by atoms with Crippen molar-refractivity contribution < 1.29 is 14.3 Å². The molecule has 5 heteroatoms. The Balaban J connectivity index is 2.05. The molecular weight excluding hydrogens is 346 g/mol. The third kappa shape index (κ3) is 4.36. The molecule has 0 bridgehead atoms. The fourth-order valence-corrected chi connectivity index (χ4v) is 2.08. The highest BCUT2D eigenvalue weighted by atomic mass is 79.9. The smallest absolute Gasteiger partial charge is 0.187 e. The van der Waals surface area contributed by atoms with Gasteiger partial charge in [0.2, 0.25) is 0 Å². The molecule has 0 saturated heterocycles. The van der Waals surface area contributed by atoms with Crippen LogP contribution < -0.4 is 14.8 Å². The van der Waals surface area contributed by atoms with Gasteiger partial charge in [-0.3, -0.25) is 4.79 Å². The number of carbonyl (C=O) groups excluding carboxylic acids is 1. The molecule has 0 aliphatic heterocycles. The summed E-state index contributed by atoms with van der Waals surface area (Å²) < 4.78 is 11.3. The Morgan fingerprint density at radius 2 is 1.64 bits per heavy atom. The summed E-state index contributed by atoms with van der Waals surface area (Å²) in [6.45, 7) is 0. The summed E-state index contributed by atoms with van der Waals surface area (Å²) in [5.41, 5.74) is 1.40. The number of carbonyl (C=O) groups is 1. The number of hydrogen-bond acceptors (Lipinski definition) is 4. The fourth-order valence-electron chi connectivity index (χ4n) is 1.81. The number of hydrogen-bond donors (Lipinski definition) is 1. The van der Waals surface area contributed by atoms with Gasteiger partial charge in [-0.05, 0) is 24.3 Å². The molecule has 2 aromatic carbocycles. The van der Waals surface area contributed by atoms with E-state index in [1.54, 1.807) is 38.6 Å². The van der Waals surface area contributed by atoms with Crippen molar-refractivity contribution in [1.82, 2.24) is 0 Å². The summed E-state index contributed by atoms with van der Waals surface area (Å²) in [5.74, 6) is 1.28. The lowest BCUT2D eigenvalue weighted by atomic mass is 10.1. The molecule has 0 unspecified atom stereocenters. The van der Waals surface area contributed by atoms with Crippen LogP contribution >= 0.6 is 15.9 Å². The molecule has 1 N–H and O–H groups in total. The zero-order chi connectivity index (χ0) is 15.9. The summed E-state index contributed by atoms with van der Waals surface area (Å²) >= 11 is 3.34. The lowest BCUT2D eigenvalue weighted by molar-refractivity contribution is 0.104. The van der Waals surface area contributed by atoms with Gasteiger partial charge in [-0.1, -0.05) is 15.9 Å². The van der Waals surface area contributed by atoms with E-state index < -0.39 is 0 Å². The lowest BCUT2D eigenvalue weighted by Gasteiger charge is -2.08. The number of methoxy groups -OCH3 is 2. The number of anilines is 1. The molecule has 0 aromatic heterocycles. The molecule has 0 aliphatic carbocycles. The first-order valence-electron chi connectivity index (χ1n) is 6.58. The monoisotopic (exact) mass is 361 g/mol. The van der Waals surface area contributed by atoms with Crippen molar-refractivity contribution in [1.29, 1.82) is 0 Å². The van der Waals surface area contributed by atoms with Crippen molar-refractivity contribution in [2.24, 2.45) is 0 Å². The Morgan fingerprint density at radius 1 is 1.05 bits per heavy atom. The van der Waals surface area contributed by atoms with Gasteiger partial charge in [0.1, 0.15) is 11.5 Å². The second-order valence-corrected chi connectivity index (χ2v) is 5.37. The number of halogens is 1. The summed E-state index contributed by atoms with van der Waals surface area (Å²) in [7, 11) is 3.18. The van der Waals surface area contributed by atoms with E-state index >= 15 is 0 Å². The zero-order valence-electron chi connectivity index (χ0n) is 12.3. The van der Waals surface area contributed by atoms with Crippen molar-refractivity contribution in [3.05, 3.63) is 64.8 Å². The number of ketones is 1. The van der Waals surface area contributed by atoms with Crippen LogP contribution in [0.2, 0.25) is 0 Å². The Hall–Kier alpha value is -2.27. The third-order valence-corrected chi connectivity index (χ3v) is 3.49. The van der Waals surface area contributed by atoms with E-state index in [0.717, 1.165) is 10.2 Å². The van der Waals surface area contributed by atoms with Crippen LogP contribution in [0.1, 0.15) is 10.4 Å². The second kappa shape index (κ2) is 7.66. The molecule has 2 rings (SSSR count). The molecule has 0 radical (unpaired) electrons. The van der Waals surface area contributed by atoms with Crippen LogP contribution in [-0.2, 0) is 0 Å². The topological polar surface area (TPSA) is 47.6 Å². The third-order valence-electron chi connectivity index (χ3n) is 2.96. The summed E-state index contributed by atoms with van der Waals surface area (Å²) in [6.07, 6.45) is 3.08. The van der Waals surface area contributed by atoms with E-state index in [0.29, 0.717) is 17.1 Å². The Labute approximate surface area is 137 Å². The average molecular weight is 362 g/mol. The summed E-state index contributed by atoms with van der Waals surface area (Å²) in [5, 5.41) is 3.04. The number of benzene rings is 2. The Bertz CT molecular complexity index is 659. The van der Waals surface area contributed by atoms with Crippen LogP contribution in [0.5, 0.6) is 11.5 Å². The van der Waals surface area contributed by atoms with Crippen molar-refractivity contribution in [2.75, 3.05) is 19.5 Å². The molecule has 0 fully saturated rings. The van der Waals surface area contributed by atoms with Gasteiger partial charge in [-0.15, -0.1) is 0 Å². The molecule has 4 nitrogen and oxygen atoms in total. The van der Waals surface area contributed by atoms with Crippen LogP contribution in [0.4, 0.5) is 5.69 Å². The minimum Gasteiger partial charge on any atom is -0.497 e. The second-order valence-electron chi connectivity index (χ2n) is 4.45. The van der Waals surface area contributed by atoms with E-state index in [-0.39, 0.29) is 5.78 Å². The maximum atomic E-state index is 12.0. The van der Waals surface area contributed by atoms with Crippen molar-refractivity contribution in [2.45, 2.75) is 0 Å². The van der Waals surface area contributed by atoms with Crippen LogP contribution in [0.3, 0.4) is 0 Å². The van der Waals surface area contributed by atoms with Gasteiger partial charge in [0, 0.05) is 46.2 Å². The van der Waals surface area contributed by atoms with Gasteiger partial charge in [0.05, 0.1) is 14.2 Å². The highest BCUT2D eigenvalue weighted by molar-refractivity contribution is 9.10. The standard InChI is InChI=1S/C17H16BrNO3/c1-21-15-9-14(10-16(11-15)22-2)19-8-7-17(20)12-3-5-13(18)6-4-12/h3-11,19H,1-2H3/b8-7+. The average Bonchev–Trinajstić information content (AvgIpc) is 2.55. The van der Waals surface area contributed by atoms with Gasteiger partial charge < -0.3 is 14.8 Å². The van der Waals surface area contributed by atoms with Gasteiger partial charge in [0.15, 0.2) is 5.78 Å². The minimum atomic E-state index is -0.0742. The highest BCUT2D eigenvalue weighted by Gasteiger charge is 2.02. The van der Waals surface area contributed by atoms with E-state index in [1.807, 2.05) is 24.3 Å². The molecular formula is C17H16BrNO3. The predicted octanol–water partition coefficient (Wildman–Crippen LogP) is 4.27. The van der Waals surface area contributed by atoms with E-state index in [2.05, 4.69) is 21.2 Å². The summed E-state index contributed by atoms with van der Waals surface area (Å²) in [6, 6.07) is 12.6. The fraction of sp³-hybridized carbons (Fsp3) is 0.118. The zero-order valence-corrected chi connectivity index (χ0v) is 13.9. The number of rotatable bonds is 6. The van der Waals surface area contributed by atoms with Gasteiger partial charge >= 0.3 is 0 Å². The van der Waals surface area contributed by atoms with Crippen LogP contribution in [0, 0.1) is 0 Å². The Kier molecular flexibility index (Phi) is 5.61. The molecule has 0 spiro atoms. The molecule has 22 heavy (non-hydrogen) atoms. The molecule has 0 atom stereocenters. The molecule has 114 valence electrons. The largest absolute Gasteiger partial charge is 0.497 e. The first-order valence-corrected chi connectivity index (χ1v) is 7.37. The lowest BCUT2D eigenvalue weighted by Crippen LogP contribution is -1.96. The van der Waals surface area contributed by atoms with Crippen molar-refractivity contribution >= 4 is 27.4 Å². The van der Waals surface area contributed by atoms with E-state index in [4.69, 9.17) is 9.47 Å². The minimum absolute atomic E-state index is 0.0742. The summed E-state index contributed by atoms with van der Waals surface area (Å²) in [4.78, 5) is 12.0. The van der Waals surface area contributed by atoms with Crippen LogP contribution in [0.15, 0.2) is 59.2 Å². The number of allylic oxidation sites excluding steroid dienone is 1. The van der Waals surface area contributed by atoms with Gasteiger partial charge in [-0.2, -0.15) is 0 Å². The SMILES string of the molecule is COc1cc(N/C=C/C(=O)c2ccc(Br)cc2)cc(OC)c1.